The number of hydrogen-bond donors (Lipinski definition) is 0. The van der Waals surface area contributed by atoms with E-state index in [1.54, 1.807) is 0 Å². The fraction of sp³-hybridized carbons (Fsp3) is 0.179. The molecule has 0 N–H and O–H groups in total. The first kappa shape index (κ1) is 19.8. The lowest BCUT2D eigenvalue weighted by Crippen LogP contribution is -2.46. The first-order chi connectivity index (χ1) is 14.8. The summed E-state index contributed by atoms with van der Waals surface area (Å²) >= 11 is 0. The molecule has 3 heteroatoms. The lowest BCUT2D eigenvalue weighted by Gasteiger charge is -2.20. The van der Waals surface area contributed by atoms with Crippen molar-refractivity contribution in [3.05, 3.63) is 84.6 Å². The molecule has 0 amide bonds. The van der Waals surface area contributed by atoms with E-state index in [9.17, 15) is 0 Å². The Morgan fingerprint density at radius 3 is 2.26 bits per heavy atom. The maximum Gasteiger partial charge on any atom is 0.216 e. The van der Waals surface area contributed by atoms with E-state index in [1.807, 2.05) is 6.07 Å². The van der Waals surface area contributed by atoms with Crippen molar-refractivity contribution in [3.63, 3.8) is 0 Å². The van der Waals surface area contributed by atoms with Crippen molar-refractivity contribution in [1.29, 1.82) is 0 Å². The monoisotopic (exact) mass is 422 g/mol. The summed E-state index contributed by atoms with van der Waals surface area (Å²) in [6.45, 7) is 9.43. The molecule has 3 aromatic carbocycles. The van der Waals surface area contributed by atoms with Gasteiger partial charge in [0.2, 0.25) is 5.69 Å². The average molecular weight is 423 g/mol. The van der Waals surface area contributed by atoms with Crippen molar-refractivity contribution >= 4 is 35.2 Å². The van der Waals surface area contributed by atoms with Gasteiger partial charge in [-0.3, -0.25) is 0 Å². The highest BCUT2D eigenvalue weighted by Crippen LogP contribution is 2.37. The molecule has 31 heavy (non-hydrogen) atoms. The summed E-state index contributed by atoms with van der Waals surface area (Å²) in [6.07, 6.45) is 2.35. The molecule has 0 aliphatic carbocycles. The fourth-order valence-electron chi connectivity index (χ4n) is 4.56. The number of fused-ring (bicyclic) bond motifs is 3. The zero-order chi connectivity index (χ0) is 21.8. The van der Waals surface area contributed by atoms with E-state index < -0.39 is 8.07 Å². The van der Waals surface area contributed by atoms with Gasteiger partial charge >= 0.3 is 0 Å². The number of hydrogen-bond acceptors (Lipinski definition) is 1. The molecule has 0 spiro atoms. The van der Waals surface area contributed by atoms with Crippen LogP contribution in [0.5, 0.6) is 0 Å². The van der Waals surface area contributed by atoms with Crippen LogP contribution in [-0.2, 0) is 7.05 Å². The Morgan fingerprint density at radius 2 is 1.52 bits per heavy atom. The molecule has 0 atom stereocenters. The Hall–Kier alpha value is -3.17. The van der Waals surface area contributed by atoms with Gasteiger partial charge in [0.05, 0.1) is 13.6 Å². The molecule has 0 fully saturated rings. The van der Waals surface area contributed by atoms with Crippen molar-refractivity contribution in [2.75, 3.05) is 0 Å². The normalized spacial score (nSPS) is 12.0. The van der Waals surface area contributed by atoms with E-state index in [0.717, 1.165) is 11.2 Å². The number of pyridine rings is 1. The molecule has 2 heterocycles. The Bertz CT molecular complexity index is 1420. The van der Waals surface area contributed by atoms with Crippen LogP contribution in [0.4, 0.5) is 0 Å². The average Bonchev–Trinajstić information content (AvgIpc) is 3.12. The van der Waals surface area contributed by atoms with Crippen molar-refractivity contribution in [3.8, 4) is 22.4 Å². The minimum absolute atomic E-state index is 0.939. The number of aryl methyl sites for hydroxylation is 2. The topological polar surface area (TPSA) is 17.0 Å². The van der Waals surface area contributed by atoms with E-state index in [0.29, 0.717) is 0 Å². The second-order valence-electron chi connectivity index (χ2n) is 9.45. The molecule has 0 aliphatic heterocycles. The van der Waals surface area contributed by atoms with Gasteiger partial charge in [0.15, 0.2) is 6.20 Å². The third-order valence-electron chi connectivity index (χ3n) is 6.18. The number of para-hydroxylation sites is 1. The Morgan fingerprint density at radius 1 is 0.806 bits per heavy atom. The summed E-state index contributed by atoms with van der Waals surface area (Å²) in [7, 11) is 0.608. The lowest BCUT2D eigenvalue weighted by atomic mass is 9.98. The highest BCUT2D eigenvalue weighted by Gasteiger charge is 2.28. The zero-order valence-corrected chi connectivity index (χ0v) is 19.9. The molecular weight excluding hydrogens is 394 g/mol. The lowest BCUT2D eigenvalue weighted by molar-refractivity contribution is -0.659. The van der Waals surface area contributed by atoms with Crippen molar-refractivity contribution in [2.24, 2.45) is 7.05 Å². The maximum atomic E-state index is 6.41. The van der Waals surface area contributed by atoms with E-state index >= 15 is 0 Å². The molecular formula is C28H28NOSi+. The zero-order valence-electron chi connectivity index (χ0n) is 18.9. The van der Waals surface area contributed by atoms with Crippen LogP contribution in [0.3, 0.4) is 0 Å². The first-order valence-corrected chi connectivity index (χ1v) is 14.4. The fourth-order valence-corrected chi connectivity index (χ4v) is 6.16. The molecule has 5 aromatic rings. The SMILES string of the molecule is Cc1ccc2c(oc3ccccc32)c1-c1cc(-c2ccccc2)c([Si](C)(C)C)c[n+]1C. The van der Waals surface area contributed by atoms with E-state index in [-0.39, 0.29) is 0 Å². The van der Waals surface area contributed by atoms with Crippen LogP contribution in [0.25, 0.3) is 44.3 Å². The minimum atomic E-state index is -1.55. The molecule has 0 saturated heterocycles. The molecule has 0 aliphatic rings. The van der Waals surface area contributed by atoms with Gasteiger partial charge in [0.25, 0.3) is 0 Å². The van der Waals surface area contributed by atoms with Crippen molar-refractivity contribution in [2.45, 2.75) is 26.6 Å². The maximum absolute atomic E-state index is 6.41. The number of furan rings is 1. The van der Waals surface area contributed by atoms with Gasteiger partial charge in [0, 0.05) is 22.0 Å². The number of nitrogens with zero attached hydrogens (tertiary/aromatic N) is 1. The van der Waals surface area contributed by atoms with Crippen LogP contribution < -0.4 is 9.75 Å². The first-order valence-electron chi connectivity index (χ1n) is 10.9. The summed E-state index contributed by atoms with van der Waals surface area (Å²) in [4.78, 5) is 0. The molecule has 154 valence electrons. The highest BCUT2D eigenvalue weighted by molar-refractivity contribution is 6.89. The molecule has 0 unspecified atom stereocenters. The van der Waals surface area contributed by atoms with Gasteiger partial charge in [0.1, 0.15) is 18.2 Å². The van der Waals surface area contributed by atoms with Gasteiger partial charge < -0.3 is 4.42 Å². The number of rotatable bonds is 3. The summed E-state index contributed by atoms with van der Waals surface area (Å²) in [6, 6.07) is 25.9. The van der Waals surface area contributed by atoms with Crippen LogP contribution in [-0.4, -0.2) is 8.07 Å². The number of benzene rings is 3. The molecule has 5 rings (SSSR count). The van der Waals surface area contributed by atoms with Crippen molar-refractivity contribution < 1.29 is 8.98 Å². The van der Waals surface area contributed by atoms with Gasteiger partial charge in [-0.25, -0.2) is 4.57 Å². The second-order valence-corrected chi connectivity index (χ2v) is 14.5. The third-order valence-corrected chi connectivity index (χ3v) is 8.19. The summed E-state index contributed by atoms with van der Waals surface area (Å²) in [5.74, 6) is 0. The van der Waals surface area contributed by atoms with E-state index in [4.69, 9.17) is 4.42 Å². The summed E-state index contributed by atoms with van der Waals surface area (Å²) < 4.78 is 8.70. The van der Waals surface area contributed by atoms with Gasteiger partial charge in [-0.05, 0) is 29.7 Å². The molecule has 2 aromatic heterocycles. The third kappa shape index (κ3) is 3.30. The standard InChI is InChI=1S/C28H28NOSi/c1-19-15-16-22-21-13-9-10-14-25(21)30-28(22)27(19)24-17-23(20-11-7-6-8-12-20)26(18-29(24)2)31(3,4)5/h6-18H,1-5H3/q+1. The molecule has 0 bridgehead atoms. The van der Waals surface area contributed by atoms with E-state index in [1.165, 1.54) is 43.9 Å². The van der Waals surface area contributed by atoms with E-state index in [2.05, 4.69) is 111 Å². The summed E-state index contributed by atoms with van der Waals surface area (Å²) in [5, 5.41) is 3.81. The molecule has 0 saturated carbocycles. The van der Waals surface area contributed by atoms with Crippen LogP contribution in [0.1, 0.15) is 5.56 Å². The molecule has 0 radical (unpaired) electrons. The Balaban J connectivity index is 1.86. The number of aromatic nitrogens is 1. The summed E-state index contributed by atoms with van der Waals surface area (Å²) in [5.41, 5.74) is 8.10. The quantitative estimate of drug-likeness (QED) is 0.236. The van der Waals surface area contributed by atoms with Gasteiger partial charge in [-0.15, -0.1) is 0 Å². The largest absolute Gasteiger partial charge is 0.455 e. The van der Waals surface area contributed by atoms with Crippen molar-refractivity contribution in [1.82, 2.24) is 0 Å². The van der Waals surface area contributed by atoms with Crippen LogP contribution >= 0.6 is 0 Å². The van der Waals surface area contributed by atoms with Gasteiger partial charge in [-0.1, -0.05) is 80.3 Å². The molecule has 2 nitrogen and oxygen atoms in total. The predicted molar refractivity (Wildman–Crippen MR) is 133 cm³/mol. The van der Waals surface area contributed by atoms with Crippen LogP contribution in [0.2, 0.25) is 19.6 Å². The van der Waals surface area contributed by atoms with Crippen LogP contribution in [0, 0.1) is 6.92 Å². The smallest absolute Gasteiger partial charge is 0.216 e. The van der Waals surface area contributed by atoms with Crippen LogP contribution in [0.15, 0.2) is 83.4 Å². The second kappa shape index (κ2) is 7.21. The predicted octanol–water partition coefficient (Wildman–Crippen LogP) is 6.60. The highest BCUT2D eigenvalue weighted by atomic mass is 28.3. The minimum Gasteiger partial charge on any atom is -0.455 e. The Labute approximate surface area is 184 Å². The van der Waals surface area contributed by atoms with Gasteiger partial charge in [-0.2, -0.15) is 0 Å². The Kier molecular flexibility index (Phi) is 4.60.